The van der Waals surface area contributed by atoms with Gasteiger partial charge < -0.3 is 14.4 Å². The Morgan fingerprint density at radius 1 is 0.957 bits per heavy atom. The molecule has 0 spiro atoms. The summed E-state index contributed by atoms with van der Waals surface area (Å²) in [4.78, 5) is 3.74. The number of nitrogens with zero attached hydrogens (tertiary/aromatic N) is 1. The van der Waals surface area contributed by atoms with Crippen molar-refractivity contribution >= 4 is 17.0 Å². The van der Waals surface area contributed by atoms with E-state index in [2.05, 4.69) is 46.7 Å². The Morgan fingerprint density at radius 2 is 1.78 bits per heavy atom. The van der Waals surface area contributed by atoms with E-state index in [9.17, 15) is 0 Å². The molecular weight excluding hydrogens is 306 g/mol. The number of ether oxygens (including phenoxy) is 2. The molecule has 1 aliphatic rings. The minimum absolute atomic E-state index is 0.702. The van der Waals surface area contributed by atoms with Crippen molar-refractivity contribution in [3.8, 4) is 5.75 Å². The van der Waals surface area contributed by atoms with Gasteiger partial charge in [-0.15, -0.1) is 11.3 Å². The van der Waals surface area contributed by atoms with Crippen LogP contribution in [-0.4, -0.2) is 26.3 Å². The Morgan fingerprint density at radius 3 is 2.52 bits per heavy atom. The van der Waals surface area contributed by atoms with Gasteiger partial charge in [0, 0.05) is 30.1 Å². The molecule has 0 bridgehead atoms. The van der Waals surface area contributed by atoms with Crippen molar-refractivity contribution in [1.82, 2.24) is 0 Å². The second-order valence-electron chi connectivity index (χ2n) is 5.88. The highest BCUT2D eigenvalue weighted by molar-refractivity contribution is 7.09. The standard InChI is InChI=1S/C19H25NO2S/c1-2-11-20(12-3-1)17-7-9-18(10-8-17)22-14-5-13-21-16-19-6-4-15-23-19/h4,6-10,15H,1-3,5,11-14,16H2. The fourth-order valence-electron chi connectivity index (χ4n) is 2.82. The first-order valence-corrected chi connectivity index (χ1v) is 9.38. The second-order valence-corrected chi connectivity index (χ2v) is 6.91. The van der Waals surface area contributed by atoms with Crippen LogP contribution in [0.15, 0.2) is 41.8 Å². The van der Waals surface area contributed by atoms with Crippen LogP contribution in [-0.2, 0) is 11.3 Å². The van der Waals surface area contributed by atoms with E-state index < -0.39 is 0 Å². The number of piperidine rings is 1. The van der Waals surface area contributed by atoms with Gasteiger partial charge in [-0.1, -0.05) is 6.07 Å². The Labute approximate surface area is 142 Å². The summed E-state index contributed by atoms with van der Waals surface area (Å²) in [5.74, 6) is 0.948. The van der Waals surface area contributed by atoms with Crippen molar-refractivity contribution < 1.29 is 9.47 Å². The number of thiophene rings is 1. The number of benzene rings is 1. The largest absolute Gasteiger partial charge is 0.494 e. The lowest BCUT2D eigenvalue weighted by Gasteiger charge is -2.28. The normalized spacial score (nSPS) is 14.9. The highest BCUT2D eigenvalue weighted by Crippen LogP contribution is 2.22. The Hall–Kier alpha value is -1.52. The molecule has 23 heavy (non-hydrogen) atoms. The van der Waals surface area contributed by atoms with Gasteiger partial charge in [0.1, 0.15) is 5.75 Å². The molecule has 0 amide bonds. The van der Waals surface area contributed by atoms with Gasteiger partial charge in [-0.3, -0.25) is 0 Å². The Bertz CT molecular complexity index is 547. The summed E-state index contributed by atoms with van der Waals surface area (Å²) in [7, 11) is 0. The highest BCUT2D eigenvalue weighted by Gasteiger charge is 2.10. The molecule has 0 unspecified atom stereocenters. The number of hydrogen-bond acceptors (Lipinski definition) is 4. The van der Waals surface area contributed by atoms with Crippen LogP contribution >= 0.6 is 11.3 Å². The molecule has 0 radical (unpaired) electrons. The molecule has 1 aromatic carbocycles. The van der Waals surface area contributed by atoms with E-state index in [1.54, 1.807) is 11.3 Å². The molecule has 1 aromatic heterocycles. The van der Waals surface area contributed by atoms with Crippen LogP contribution < -0.4 is 9.64 Å². The summed E-state index contributed by atoms with van der Waals surface area (Å²) < 4.78 is 11.4. The molecule has 124 valence electrons. The number of hydrogen-bond donors (Lipinski definition) is 0. The van der Waals surface area contributed by atoms with Gasteiger partial charge in [-0.05, 0) is 55.0 Å². The van der Waals surface area contributed by atoms with Crippen molar-refractivity contribution in [1.29, 1.82) is 0 Å². The minimum Gasteiger partial charge on any atom is -0.494 e. The zero-order valence-corrected chi connectivity index (χ0v) is 14.4. The van der Waals surface area contributed by atoms with Crippen LogP contribution in [0.4, 0.5) is 5.69 Å². The molecule has 1 fully saturated rings. The average molecular weight is 331 g/mol. The third kappa shape index (κ3) is 5.26. The molecule has 0 atom stereocenters. The molecule has 0 saturated carbocycles. The van der Waals surface area contributed by atoms with E-state index in [0.717, 1.165) is 18.8 Å². The molecular formula is C19H25NO2S. The Kier molecular flexibility index (Phi) is 6.35. The number of anilines is 1. The molecule has 2 heterocycles. The van der Waals surface area contributed by atoms with Crippen LogP contribution in [0.2, 0.25) is 0 Å². The lowest BCUT2D eigenvalue weighted by Crippen LogP contribution is -2.29. The van der Waals surface area contributed by atoms with E-state index in [1.165, 1.54) is 42.9 Å². The number of rotatable bonds is 8. The van der Waals surface area contributed by atoms with Crippen molar-refractivity contribution in [2.75, 3.05) is 31.2 Å². The Balaban J connectivity index is 1.32. The second kappa shape index (κ2) is 8.94. The first-order chi connectivity index (χ1) is 11.4. The lowest BCUT2D eigenvalue weighted by atomic mass is 10.1. The highest BCUT2D eigenvalue weighted by atomic mass is 32.1. The zero-order valence-electron chi connectivity index (χ0n) is 13.6. The molecule has 4 heteroatoms. The van der Waals surface area contributed by atoms with Crippen LogP contribution in [0.25, 0.3) is 0 Å². The molecule has 0 N–H and O–H groups in total. The summed E-state index contributed by atoms with van der Waals surface area (Å²) in [6, 6.07) is 12.7. The third-order valence-corrected chi connectivity index (χ3v) is 4.93. The SMILES string of the molecule is c1csc(COCCCOc2ccc(N3CCCCC3)cc2)c1. The first-order valence-electron chi connectivity index (χ1n) is 8.50. The molecule has 0 aliphatic carbocycles. The van der Waals surface area contributed by atoms with E-state index in [1.807, 2.05) is 0 Å². The smallest absolute Gasteiger partial charge is 0.119 e. The monoisotopic (exact) mass is 331 g/mol. The van der Waals surface area contributed by atoms with Gasteiger partial charge in [-0.25, -0.2) is 0 Å². The van der Waals surface area contributed by atoms with Crippen molar-refractivity contribution in [3.05, 3.63) is 46.7 Å². The fourth-order valence-corrected chi connectivity index (χ4v) is 3.46. The molecule has 1 saturated heterocycles. The van der Waals surface area contributed by atoms with Crippen LogP contribution in [0.5, 0.6) is 5.75 Å². The quantitative estimate of drug-likeness (QED) is 0.653. The predicted octanol–water partition coefficient (Wildman–Crippen LogP) is 4.72. The summed E-state index contributed by atoms with van der Waals surface area (Å²) in [6.07, 6.45) is 4.90. The lowest BCUT2D eigenvalue weighted by molar-refractivity contribution is 0.109. The van der Waals surface area contributed by atoms with Crippen LogP contribution in [0.3, 0.4) is 0 Å². The van der Waals surface area contributed by atoms with Crippen molar-refractivity contribution in [3.63, 3.8) is 0 Å². The summed E-state index contributed by atoms with van der Waals surface area (Å²) in [6.45, 7) is 4.52. The maximum atomic E-state index is 5.79. The van der Waals surface area contributed by atoms with Gasteiger partial charge in [0.2, 0.25) is 0 Å². The van der Waals surface area contributed by atoms with E-state index in [0.29, 0.717) is 13.2 Å². The molecule has 1 aliphatic heterocycles. The fraction of sp³-hybridized carbons (Fsp3) is 0.474. The zero-order chi connectivity index (χ0) is 15.7. The first kappa shape index (κ1) is 16.3. The molecule has 2 aromatic rings. The topological polar surface area (TPSA) is 21.7 Å². The van der Waals surface area contributed by atoms with Crippen molar-refractivity contribution in [2.24, 2.45) is 0 Å². The van der Waals surface area contributed by atoms with Gasteiger partial charge in [0.15, 0.2) is 0 Å². The summed E-state index contributed by atoms with van der Waals surface area (Å²) in [5.41, 5.74) is 1.32. The van der Waals surface area contributed by atoms with E-state index in [-0.39, 0.29) is 0 Å². The van der Waals surface area contributed by atoms with E-state index >= 15 is 0 Å². The van der Waals surface area contributed by atoms with Crippen molar-refractivity contribution in [2.45, 2.75) is 32.3 Å². The van der Waals surface area contributed by atoms with Gasteiger partial charge >= 0.3 is 0 Å². The average Bonchev–Trinajstić information content (AvgIpc) is 3.13. The molecule has 3 rings (SSSR count). The van der Waals surface area contributed by atoms with Crippen LogP contribution in [0, 0.1) is 0 Å². The van der Waals surface area contributed by atoms with Gasteiger partial charge in [-0.2, -0.15) is 0 Å². The molecule has 3 nitrogen and oxygen atoms in total. The van der Waals surface area contributed by atoms with E-state index in [4.69, 9.17) is 9.47 Å². The summed E-state index contributed by atoms with van der Waals surface area (Å²) >= 11 is 1.74. The summed E-state index contributed by atoms with van der Waals surface area (Å²) in [5, 5.41) is 2.08. The van der Waals surface area contributed by atoms with Gasteiger partial charge in [0.05, 0.1) is 19.8 Å². The van der Waals surface area contributed by atoms with Crippen LogP contribution in [0.1, 0.15) is 30.6 Å². The third-order valence-electron chi connectivity index (χ3n) is 4.08. The maximum Gasteiger partial charge on any atom is 0.119 e. The minimum atomic E-state index is 0.702. The van der Waals surface area contributed by atoms with Gasteiger partial charge in [0.25, 0.3) is 0 Å². The predicted molar refractivity (Wildman–Crippen MR) is 96.6 cm³/mol. The maximum absolute atomic E-state index is 5.79.